The number of hydrogen-bond acceptors (Lipinski definition) is 5. The monoisotopic (exact) mass is 629 g/mol. The molecule has 6 rings (SSSR count). The number of aliphatic hydroxyl groups excluding tert-OH is 1. The summed E-state index contributed by atoms with van der Waals surface area (Å²) in [5.74, 6) is -5.36. The molecule has 45 heavy (non-hydrogen) atoms. The van der Waals surface area contributed by atoms with Gasteiger partial charge in [-0.3, -0.25) is 19.3 Å². The summed E-state index contributed by atoms with van der Waals surface area (Å²) < 4.78 is 85.1. The Hall–Kier alpha value is -4.72. The molecule has 2 aromatic carbocycles. The van der Waals surface area contributed by atoms with Gasteiger partial charge < -0.3 is 16.2 Å². The smallest absolute Gasteiger partial charge is 0.386 e. The van der Waals surface area contributed by atoms with E-state index < -0.39 is 71.3 Å². The first-order valence-electron chi connectivity index (χ1n) is 14.0. The first kappa shape index (κ1) is 30.3. The normalized spacial score (nSPS) is 19.4. The Bertz CT molecular complexity index is 1800. The highest BCUT2D eigenvalue weighted by atomic mass is 19.4. The average molecular weight is 630 g/mol. The SMILES string of the molecule is NC(=O)c1cc(-c2cccnc2[C@H](Cc2cc(F)cc(F)c2)NC(=O)Cn2nc(C(F)(F)F)c3c2[C@H](O)[C@@H]2CC[C@H]32)ccc1F. The molecule has 4 N–H and O–H groups in total. The van der Waals surface area contributed by atoms with Crippen molar-refractivity contribution in [2.24, 2.45) is 11.7 Å². The minimum Gasteiger partial charge on any atom is -0.386 e. The number of alkyl halides is 3. The lowest BCUT2D eigenvalue weighted by atomic mass is 9.73. The summed E-state index contributed by atoms with van der Waals surface area (Å²) in [5, 5.41) is 17.2. The molecule has 14 heteroatoms. The second-order valence-electron chi connectivity index (χ2n) is 11.2. The van der Waals surface area contributed by atoms with Crippen LogP contribution < -0.4 is 11.1 Å². The molecular formula is C31H25F6N5O3. The number of hydrogen-bond donors (Lipinski definition) is 3. The van der Waals surface area contributed by atoms with Crippen molar-refractivity contribution in [1.82, 2.24) is 20.1 Å². The quantitative estimate of drug-likeness (QED) is 0.234. The van der Waals surface area contributed by atoms with E-state index in [0.29, 0.717) is 24.5 Å². The molecule has 0 unspecified atom stereocenters. The van der Waals surface area contributed by atoms with Crippen LogP contribution in [0.4, 0.5) is 26.3 Å². The number of rotatable bonds is 8. The topological polar surface area (TPSA) is 123 Å². The number of primary amides is 1. The summed E-state index contributed by atoms with van der Waals surface area (Å²) in [6.07, 6.45) is -3.86. The number of aliphatic hydroxyl groups is 1. The number of benzene rings is 2. The number of carbonyl (C=O) groups excluding carboxylic acids is 2. The highest BCUT2D eigenvalue weighted by molar-refractivity contribution is 5.94. The van der Waals surface area contributed by atoms with Gasteiger partial charge in [0.05, 0.1) is 29.1 Å². The van der Waals surface area contributed by atoms with Crippen molar-refractivity contribution in [3.8, 4) is 11.1 Å². The summed E-state index contributed by atoms with van der Waals surface area (Å²) in [4.78, 5) is 29.6. The molecule has 8 nitrogen and oxygen atoms in total. The number of carbonyl (C=O) groups is 2. The molecule has 234 valence electrons. The lowest BCUT2D eigenvalue weighted by molar-refractivity contribution is -0.143. The lowest BCUT2D eigenvalue weighted by Crippen LogP contribution is -2.34. The zero-order chi connectivity index (χ0) is 32.2. The van der Waals surface area contributed by atoms with Crippen molar-refractivity contribution >= 4 is 11.8 Å². The molecule has 0 aliphatic heterocycles. The third kappa shape index (κ3) is 5.65. The summed E-state index contributed by atoms with van der Waals surface area (Å²) in [5.41, 5.74) is 4.48. The van der Waals surface area contributed by atoms with Gasteiger partial charge in [-0.05, 0) is 72.6 Å². The molecule has 1 saturated carbocycles. The molecule has 4 aromatic rings. The van der Waals surface area contributed by atoms with Gasteiger partial charge in [-0.25, -0.2) is 13.2 Å². The number of nitrogens with one attached hydrogen (secondary N) is 1. The standard InChI is InChI=1S/C31H25F6N5O3/c32-16-8-14(9-17(33)12-16)10-23(26-18(2-1-7-39-26)15-3-6-22(34)21(11-15)30(38)45)40-24(43)13-42-27-25(29(41-42)31(35,36)37)19-4-5-20(19)28(27)44/h1-3,6-9,11-12,19-20,23,28,44H,4-5,10,13H2,(H2,38,45)(H,40,43)/t19-,20+,23-,28+/m0/s1. The summed E-state index contributed by atoms with van der Waals surface area (Å²) in [6, 6.07) is 8.32. The fourth-order valence-corrected chi connectivity index (χ4v) is 6.34. The van der Waals surface area contributed by atoms with Crippen LogP contribution in [-0.4, -0.2) is 31.7 Å². The van der Waals surface area contributed by atoms with Crippen LogP contribution in [0.5, 0.6) is 0 Å². The maximum absolute atomic E-state index is 14.2. The number of aromatic nitrogens is 3. The molecule has 2 aliphatic carbocycles. The zero-order valence-corrected chi connectivity index (χ0v) is 23.3. The van der Waals surface area contributed by atoms with Gasteiger partial charge in [-0.2, -0.15) is 18.3 Å². The van der Waals surface area contributed by atoms with Crippen LogP contribution in [0.3, 0.4) is 0 Å². The van der Waals surface area contributed by atoms with Crippen molar-refractivity contribution in [3.05, 3.63) is 106 Å². The molecule has 2 amide bonds. The van der Waals surface area contributed by atoms with Gasteiger partial charge in [0, 0.05) is 23.4 Å². The van der Waals surface area contributed by atoms with Gasteiger partial charge in [0.2, 0.25) is 5.91 Å². The van der Waals surface area contributed by atoms with Gasteiger partial charge in [0.15, 0.2) is 5.69 Å². The van der Waals surface area contributed by atoms with Crippen molar-refractivity contribution in [1.29, 1.82) is 0 Å². The number of nitrogens with zero attached hydrogens (tertiary/aromatic N) is 3. The second kappa shape index (κ2) is 11.3. The second-order valence-corrected chi connectivity index (χ2v) is 11.2. The third-order valence-electron chi connectivity index (χ3n) is 8.38. The van der Waals surface area contributed by atoms with Crippen LogP contribution in [0.1, 0.15) is 69.5 Å². The Morgan fingerprint density at radius 2 is 1.80 bits per heavy atom. The van der Waals surface area contributed by atoms with Gasteiger partial charge in [-0.1, -0.05) is 12.1 Å². The van der Waals surface area contributed by atoms with Crippen LogP contribution >= 0.6 is 0 Å². The van der Waals surface area contributed by atoms with Crippen LogP contribution in [0, 0.1) is 23.4 Å². The van der Waals surface area contributed by atoms with Crippen LogP contribution in [0.15, 0.2) is 54.7 Å². The van der Waals surface area contributed by atoms with E-state index in [9.17, 15) is 41.0 Å². The van der Waals surface area contributed by atoms with E-state index in [4.69, 9.17) is 5.73 Å². The third-order valence-corrected chi connectivity index (χ3v) is 8.38. The Morgan fingerprint density at radius 3 is 2.44 bits per heavy atom. The number of nitrogens with two attached hydrogens (primary N) is 1. The molecule has 2 aliphatic rings. The van der Waals surface area contributed by atoms with Gasteiger partial charge in [0.1, 0.15) is 24.0 Å². The lowest BCUT2D eigenvalue weighted by Gasteiger charge is -2.33. The first-order chi connectivity index (χ1) is 21.3. The summed E-state index contributed by atoms with van der Waals surface area (Å²) in [7, 11) is 0. The van der Waals surface area contributed by atoms with Crippen molar-refractivity contribution in [2.75, 3.05) is 0 Å². The van der Waals surface area contributed by atoms with E-state index in [1.807, 2.05) is 0 Å². The number of pyridine rings is 1. The van der Waals surface area contributed by atoms with Crippen LogP contribution in [0.2, 0.25) is 0 Å². The fourth-order valence-electron chi connectivity index (χ4n) is 6.34. The molecule has 1 fully saturated rings. The molecule has 0 spiro atoms. The minimum absolute atomic E-state index is 0.0578. The van der Waals surface area contributed by atoms with Gasteiger partial charge >= 0.3 is 6.18 Å². The number of halogens is 6. The molecule has 0 radical (unpaired) electrons. The van der Waals surface area contributed by atoms with Crippen molar-refractivity contribution in [3.63, 3.8) is 0 Å². The molecular weight excluding hydrogens is 604 g/mol. The Balaban J connectivity index is 1.37. The van der Waals surface area contributed by atoms with Gasteiger partial charge in [0.25, 0.3) is 5.91 Å². The molecule has 0 bridgehead atoms. The predicted molar refractivity (Wildman–Crippen MR) is 147 cm³/mol. The molecule has 0 saturated heterocycles. The molecule has 2 heterocycles. The molecule has 4 atom stereocenters. The van der Waals surface area contributed by atoms with E-state index in [2.05, 4.69) is 15.4 Å². The highest BCUT2D eigenvalue weighted by Crippen LogP contribution is 2.59. The first-order valence-corrected chi connectivity index (χ1v) is 14.0. The van der Waals surface area contributed by atoms with E-state index >= 15 is 0 Å². The van der Waals surface area contributed by atoms with E-state index in [0.717, 1.165) is 22.9 Å². The Labute approximate surface area is 251 Å². The summed E-state index contributed by atoms with van der Waals surface area (Å²) >= 11 is 0. The predicted octanol–water partition coefficient (Wildman–Crippen LogP) is 5.12. The van der Waals surface area contributed by atoms with E-state index in [1.165, 1.54) is 24.4 Å². The zero-order valence-electron chi connectivity index (χ0n) is 23.3. The minimum atomic E-state index is -4.80. The van der Waals surface area contributed by atoms with Crippen LogP contribution in [0.25, 0.3) is 11.1 Å². The maximum Gasteiger partial charge on any atom is 0.435 e. The maximum atomic E-state index is 14.2. The average Bonchev–Trinajstić information content (AvgIpc) is 3.38. The van der Waals surface area contributed by atoms with Crippen LogP contribution in [-0.2, 0) is 23.9 Å². The van der Waals surface area contributed by atoms with Crippen molar-refractivity contribution in [2.45, 2.75) is 50.0 Å². The van der Waals surface area contributed by atoms with Crippen molar-refractivity contribution < 1.29 is 41.0 Å². The molecule has 2 aromatic heterocycles. The van der Waals surface area contributed by atoms with Gasteiger partial charge in [-0.15, -0.1) is 0 Å². The largest absolute Gasteiger partial charge is 0.435 e. The highest BCUT2D eigenvalue weighted by Gasteiger charge is 2.54. The van der Waals surface area contributed by atoms with E-state index in [-0.39, 0.29) is 40.4 Å². The number of amides is 2. The fraction of sp³-hybridized carbons (Fsp3) is 0.290. The van der Waals surface area contributed by atoms with E-state index in [1.54, 1.807) is 6.07 Å². The Kier molecular flexibility index (Phi) is 7.63. The Morgan fingerprint density at radius 1 is 1.07 bits per heavy atom. The summed E-state index contributed by atoms with van der Waals surface area (Å²) in [6.45, 7) is -0.701. The number of fused-ring (bicyclic) bond motifs is 3.